The van der Waals surface area contributed by atoms with Gasteiger partial charge in [-0.3, -0.25) is 0 Å². The minimum atomic E-state index is -0.933. The van der Waals surface area contributed by atoms with Gasteiger partial charge in [0.15, 0.2) is 8.45 Å². The van der Waals surface area contributed by atoms with Crippen molar-refractivity contribution in [1.82, 2.24) is 9.34 Å². The van der Waals surface area contributed by atoms with Crippen LogP contribution < -0.4 is 0 Å². The van der Waals surface area contributed by atoms with Crippen LogP contribution >= 0.6 is 8.45 Å². The molecule has 1 aliphatic heterocycles. The molecule has 0 saturated carbocycles. The zero-order valence-electron chi connectivity index (χ0n) is 18.8. The fourth-order valence-electron chi connectivity index (χ4n) is 4.75. The Morgan fingerprint density at radius 3 is 1.72 bits per heavy atom. The molecular weight excluding hydrogens is 411 g/mol. The third-order valence-corrected chi connectivity index (χ3v) is 8.50. The van der Waals surface area contributed by atoms with Gasteiger partial charge in [-0.15, -0.1) is 0 Å². The van der Waals surface area contributed by atoms with Crippen LogP contribution in [-0.2, 0) is 4.52 Å². The summed E-state index contributed by atoms with van der Waals surface area (Å²) in [6.07, 6.45) is 0.00145. The summed E-state index contributed by atoms with van der Waals surface area (Å²) >= 11 is 0. The molecule has 3 atom stereocenters. The minimum absolute atomic E-state index is 0.00145. The number of hydrogen-bond donors (Lipinski definition) is 0. The highest BCUT2D eigenvalue weighted by atomic mass is 31.2. The Bertz CT molecular complexity index is 1130. The van der Waals surface area contributed by atoms with Gasteiger partial charge in [-0.05, 0) is 54.5 Å². The fraction of sp³-hybridized carbons (Fsp3) is 0.214. The first kappa shape index (κ1) is 21.3. The lowest BCUT2D eigenvalue weighted by Crippen LogP contribution is -2.20. The molecule has 162 valence electrons. The van der Waals surface area contributed by atoms with E-state index in [1.807, 2.05) is 0 Å². The summed E-state index contributed by atoms with van der Waals surface area (Å²) in [6.45, 7) is 2.17. The van der Waals surface area contributed by atoms with Gasteiger partial charge >= 0.3 is 0 Å². The Morgan fingerprint density at radius 2 is 1.16 bits per heavy atom. The molecule has 4 aromatic carbocycles. The molecule has 0 aliphatic carbocycles. The van der Waals surface area contributed by atoms with Crippen LogP contribution in [0, 0.1) is 0 Å². The third kappa shape index (κ3) is 3.98. The fourth-order valence-corrected chi connectivity index (χ4v) is 6.84. The molecule has 32 heavy (non-hydrogen) atoms. The normalized spacial score (nSPS) is 21.2. The van der Waals surface area contributed by atoms with Crippen LogP contribution in [0.5, 0.6) is 0 Å². The average Bonchev–Trinajstić information content (AvgIpc) is 3.09. The van der Waals surface area contributed by atoms with Gasteiger partial charge in [0.2, 0.25) is 0 Å². The predicted molar refractivity (Wildman–Crippen MR) is 134 cm³/mol. The van der Waals surface area contributed by atoms with Crippen LogP contribution in [0.3, 0.4) is 0 Å². The van der Waals surface area contributed by atoms with Crippen molar-refractivity contribution in [3.05, 3.63) is 120 Å². The average molecular weight is 441 g/mol. The summed E-state index contributed by atoms with van der Waals surface area (Å²) < 4.78 is 11.7. The third-order valence-electron chi connectivity index (χ3n) is 6.42. The lowest BCUT2D eigenvalue weighted by molar-refractivity contribution is 0.223. The van der Waals surface area contributed by atoms with Gasteiger partial charge in [-0.2, -0.15) is 0 Å². The van der Waals surface area contributed by atoms with E-state index in [2.05, 4.69) is 133 Å². The van der Waals surface area contributed by atoms with Crippen molar-refractivity contribution >= 4 is 19.2 Å². The zero-order chi connectivity index (χ0) is 22.1. The number of benzene rings is 4. The number of nitrogens with zero attached hydrogens (tertiary/aromatic N) is 2. The molecule has 1 aliphatic rings. The lowest BCUT2D eigenvalue weighted by atomic mass is 9.93. The van der Waals surface area contributed by atoms with Crippen molar-refractivity contribution in [1.29, 1.82) is 0 Å². The molecule has 0 radical (unpaired) electrons. The quantitative estimate of drug-likeness (QED) is 0.299. The second-order valence-electron chi connectivity index (χ2n) is 8.47. The lowest BCUT2D eigenvalue weighted by Gasteiger charge is -2.28. The number of hydrogen-bond acceptors (Lipinski definition) is 3. The van der Waals surface area contributed by atoms with E-state index >= 15 is 0 Å². The summed E-state index contributed by atoms with van der Waals surface area (Å²) in [5.41, 5.74) is 3.86. The van der Waals surface area contributed by atoms with Crippen molar-refractivity contribution in [3.8, 4) is 0 Å². The van der Waals surface area contributed by atoms with Gasteiger partial charge in [0.05, 0.1) is 18.2 Å². The Hall–Kier alpha value is -2.55. The molecule has 3 nitrogen and oxygen atoms in total. The van der Waals surface area contributed by atoms with Gasteiger partial charge in [0, 0.05) is 0 Å². The van der Waals surface area contributed by atoms with Crippen molar-refractivity contribution < 1.29 is 4.52 Å². The minimum Gasteiger partial charge on any atom is -0.323 e. The summed E-state index contributed by atoms with van der Waals surface area (Å²) in [5.74, 6) is 0. The monoisotopic (exact) mass is 440 g/mol. The van der Waals surface area contributed by atoms with Gasteiger partial charge < -0.3 is 4.52 Å². The number of likely N-dealkylation sites (N-methyl/N-ethyl adjacent to an activating group) is 2. The van der Waals surface area contributed by atoms with Crippen molar-refractivity contribution in [2.75, 3.05) is 14.1 Å². The molecule has 5 rings (SSSR count). The second-order valence-corrected chi connectivity index (χ2v) is 10.4. The van der Waals surface area contributed by atoms with Gasteiger partial charge in [0.1, 0.15) is 0 Å². The molecule has 0 unspecified atom stereocenters. The molecule has 0 amide bonds. The first-order valence-electron chi connectivity index (χ1n) is 11.1. The largest absolute Gasteiger partial charge is 0.323 e. The standard InChI is InChI=1S/C28H29N2OP/c1-21(25-19-18-22-12-10-11-17-26(22)20-25)31-32-29(2)27(23-13-6-4-7-14-23)28(30(32)3)24-15-8-5-9-16-24/h4-21,27-28H,1-3H3/t21-,27-,28-/m1/s1. The van der Waals surface area contributed by atoms with Crippen LogP contribution in [-0.4, -0.2) is 23.4 Å². The molecule has 4 aromatic rings. The molecule has 0 spiro atoms. The topological polar surface area (TPSA) is 15.7 Å². The number of rotatable bonds is 5. The Balaban J connectivity index is 1.46. The molecule has 1 fully saturated rings. The SMILES string of the molecule is C[C@@H](OP1N(C)[C@H](c2ccccc2)[C@@H](c2ccccc2)N1C)c1ccc2ccccc2c1. The van der Waals surface area contributed by atoms with Crippen LogP contribution in [0.1, 0.15) is 41.8 Å². The zero-order valence-corrected chi connectivity index (χ0v) is 19.7. The number of fused-ring (bicyclic) bond motifs is 1. The van der Waals surface area contributed by atoms with Crippen LogP contribution in [0.25, 0.3) is 10.8 Å². The first-order valence-corrected chi connectivity index (χ1v) is 12.3. The molecule has 4 heteroatoms. The maximum atomic E-state index is 6.79. The summed E-state index contributed by atoms with van der Waals surface area (Å²) in [6, 6.07) is 37.2. The molecule has 0 N–H and O–H groups in total. The maximum Gasteiger partial charge on any atom is 0.189 e. The Morgan fingerprint density at radius 1 is 0.656 bits per heavy atom. The molecule has 0 bridgehead atoms. The highest BCUT2D eigenvalue weighted by Crippen LogP contribution is 2.64. The molecule has 0 aromatic heterocycles. The van der Waals surface area contributed by atoms with Crippen molar-refractivity contribution in [2.45, 2.75) is 25.1 Å². The second kappa shape index (κ2) is 9.13. The van der Waals surface area contributed by atoms with Gasteiger partial charge in [0.25, 0.3) is 0 Å². The van der Waals surface area contributed by atoms with E-state index in [-0.39, 0.29) is 18.2 Å². The summed E-state index contributed by atoms with van der Waals surface area (Å²) in [4.78, 5) is 0. The van der Waals surface area contributed by atoms with Crippen molar-refractivity contribution in [2.24, 2.45) is 0 Å². The van der Waals surface area contributed by atoms with Gasteiger partial charge in [-0.25, -0.2) is 9.34 Å². The first-order chi connectivity index (χ1) is 15.6. The Labute approximate surface area is 192 Å². The molecule has 1 saturated heterocycles. The van der Waals surface area contributed by atoms with Crippen LogP contribution in [0.15, 0.2) is 103 Å². The van der Waals surface area contributed by atoms with E-state index in [4.69, 9.17) is 4.52 Å². The summed E-state index contributed by atoms with van der Waals surface area (Å²) in [5, 5.41) is 2.52. The van der Waals surface area contributed by atoms with Gasteiger partial charge in [-0.1, -0.05) is 97.1 Å². The highest BCUT2D eigenvalue weighted by molar-refractivity contribution is 7.47. The Kier molecular flexibility index (Phi) is 6.08. The maximum absolute atomic E-state index is 6.79. The van der Waals surface area contributed by atoms with E-state index < -0.39 is 8.45 Å². The van der Waals surface area contributed by atoms with Crippen LogP contribution in [0.4, 0.5) is 0 Å². The highest BCUT2D eigenvalue weighted by Gasteiger charge is 2.46. The van der Waals surface area contributed by atoms with E-state index in [1.165, 1.54) is 27.5 Å². The van der Waals surface area contributed by atoms with E-state index in [1.54, 1.807) is 0 Å². The molecular formula is C28H29N2OP. The summed E-state index contributed by atoms with van der Waals surface area (Å²) in [7, 11) is 3.48. The predicted octanol–water partition coefficient (Wildman–Crippen LogP) is 7.50. The molecule has 1 heterocycles. The smallest absolute Gasteiger partial charge is 0.189 e. The van der Waals surface area contributed by atoms with E-state index in [0.29, 0.717) is 0 Å². The van der Waals surface area contributed by atoms with E-state index in [0.717, 1.165) is 0 Å². The van der Waals surface area contributed by atoms with Crippen molar-refractivity contribution in [3.63, 3.8) is 0 Å². The van der Waals surface area contributed by atoms with Crippen LogP contribution in [0.2, 0.25) is 0 Å². The van der Waals surface area contributed by atoms with E-state index in [9.17, 15) is 0 Å².